The van der Waals surface area contributed by atoms with Crippen LogP contribution in [0.4, 0.5) is 5.82 Å². The number of anilines is 1. The van der Waals surface area contributed by atoms with Gasteiger partial charge in [0.15, 0.2) is 5.82 Å². The van der Waals surface area contributed by atoms with E-state index in [-0.39, 0.29) is 11.9 Å². The second-order valence-corrected chi connectivity index (χ2v) is 6.46. The summed E-state index contributed by atoms with van der Waals surface area (Å²) >= 11 is 1.46. The zero-order valence-corrected chi connectivity index (χ0v) is 14.8. The lowest BCUT2D eigenvalue weighted by atomic mass is 10.2. The molecule has 2 aromatic heterocycles. The molecule has 2 aromatic rings. The van der Waals surface area contributed by atoms with E-state index in [2.05, 4.69) is 23.7 Å². The molecular weight excluding hydrogens is 324 g/mol. The van der Waals surface area contributed by atoms with Crippen LogP contribution in [0.3, 0.4) is 0 Å². The lowest BCUT2D eigenvalue weighted by Gasteiger charge is -2.34. The third-order valence-corrected chi connectivity index (χ3v) is 5.02. The van der Waals surface area contributed by atoms with Crippen molar-refractivity contribution in [3.63, 3.8) is 0 Å². The van der Waals surface area contributed by atoms with E-state index in [9.17, 15) is 4.79 Å². The summed E-state index contributed by atoms with van der Waals surface area (Å²) in [6.45, 7) is 7.49. The molecule has 1 aliphatic heterocycles. The van der Waals surface area contributed by atoms with Gasteiger partial charge in [-0.2, -0.15) is 0 Å². The number of morpholine rings is 1. The molecule has 7 heteroatoms. The van der Waals surface area contributed by atoms with Crippen molar-refractivity contribution in [1.29, 1.82) is 0 Å². The molecule has 1 amide bonds. The number of hydrogen-bond donors (Lipinski definition) is 0. The summed E-state index contributed by atoms with van der Waals surface area (Å²) in [7, 11) is 0. The van der Waals surface area contributed by atoms with Gasteiger partial charge in [-0.1, -0.05) is 6.07 Å². The molecule has 1 saturated heterocycles. The molecule has 0 unspecified atom stereocenters. The average Bonchev–Trinajstić information content (AvgIpc) is 3.17. The Kier molecular flexibility index (Phi) is 5.42. The van der Waals surface area contributed by atoms with Gasteiger partial charge in [-0.3, -0.25) is 4.79 Å². The highest BCUT2D eigenvalue weighted by molar-refractivity contribution is 7.12. The van der Waals surface area contributed by atoms with Gasteiger partial charge < -0.3 is 14.5 Å². The second kappa shape index (κ2) is 7.72. The van der Waals surface area contributed by atoms with Crippen molar-refractivity contribution in [3.05, 3.63) is 40.5 Å². The summed E-state index contributed by atoms with van der Waals surface area (Å²) in [4.78, 5) is 26.6. The summed E-state index contributed by atoms with van der Waals surface area (Å²) in [6, 6.07) is 5.41. The maximum absolute atomic E-state index is 12.8. The summed E-state index contributed by atoms with van der Waals surface area (Å²) in [5.74, 6) is 1.55. The van der Waals surface area contributed by atoms with Gasteiger partial charge in [0.05, 0.1) is 18.1 Å². The maximum Gasteiger partial charge on any atom is 0.264 e. The van der Waals surface area contributed by atoms with Crippen molar-refractivity contribution in [2.45, 2.75) is 19.9 Å². The standard InChI is InChI=1S/C17H22N4O2S/c1-3-20(4-2)15-7-8-18-16(19-15)13-12-23-10-9-21(13)17(22)14-6-5-11-24-14/h5-8,11,13H,3-4,9-10,12H2,1-2H3/t13-/m1/s1. The highest BCUT2D eigenvalue weighted by Crippen LogP contribution is 2.26. The van der Waals surface area contributed by atoms with Gasteiger partial charge in [-0.15, -0.1) is 11.3 Å². The number of aromatic nitrogens is 2. The molecule has 6 nitrogen and oxygen atoms in total. The number of thiophene rings is 1. The second-order valence-electron chi connectivity index (χ2n) is 5.51. The van der Waals surface area contributed by atoms with Crippen LogP contribution in [0.1, 0.15) is 35.4 Å². The quantitative estimate of drug-likeness (QED) is 0.833. The summed E-state index contributed by atoms with van der Waals surface area (Å²) in [6.07, 6.45) is 1.76. The topological polar surface area (TPSA) is 58.6 Å². The van der Waals surface area contributed by atoms with E-state index in [4.69, 9.17) is 9.72 Å². The predicted octanol–water partition coefficient (Wildman–Crippen LogP) is 2.60. The molecule has 0 saturated carbocycles. The molecule has 0 radical (unpaired) electrons. The van der Waals surface area contributed by atoms with Crippen LogP contribution in [0.5, 0.6) is 0 Å². The molecular formula is C17H22N4O2S. The Morgan fingerprint density at radius 2 is 2.25 bits per heavy atom. The molecule has 0 spiro atoms. The minimum Gasteiger partial charge on any atom is -0.377 e. The number of amides is 1. The van der Waals surface area contributed by atoms with E-state index in [1.807, 2.05) is 28.5 Å². The number of carbonyl (C=O) groups is 1. The molecule has 0 bridgehead atoms. The smallest absolute Gasteiger partial charge is 0.264 e. The van der Waals surface area contributed by atoms with Crippen LogP contribution in [-0.4, -0.2) is 53.6 Å². The highest BCUT2D eigenvalue weighted by atomic mass is 32.1. The first-order chi connectivity index (χ1) is 11.7. The maximum atomic E-state index is 12.8. The number of hydrogen-bond acceptors (Lipinski definition) is 6. The fourth-order valence-electron chi connectivity index (χ4n) is 2.85. The van der Waals surface area contributed by atoms with Crippen LogP contribution in [0.25, 0.3) is 0 Å². The number of carbonyl (C=O) groups excluding carboxylic acids is 1. The Balaban J connectivity index is 1.88. The Morgan fingerprint density at radius 3 is 2.96 bits per heavy atom. The monoisotopic (exact) mass is 346 g/mol. The molecule has 3 rings (SSSR count). The molecule has 0 aromatic carbocycles. The lowest BCUT2D eigenvalue weighted by Crippen LogP contribution is -2.44. The molecule has 24 heavy (non-hydrogen) atoms. The normalized spacial score (nSPS) is 17.8. The van der Waals surface area contributed by atoms with Crippen LogP contribution >= 0.6 is 11.3 Å². The Morgan fingerprint density at radius 1 is 1.42 bits per heavy atom. The van der Waals surface area contributed by atoms with Crippen LogP contribution in [0.15, 0.2) is 29.8 Å². The van der Waals surface area contributed by atoms with Crippen molar-refractivity contribution in [3.8, 4) is 0 Å². The molecule has 0 aliphatic carbocycles. The SMILES string of the molecule is CCN(CC)c1ccnc([C@H]2COCCN2C(=O)c2cccs2)n1. The number of rotatable bonds is 5. The van der Waals surface area contributed by atoms with Crippen molar-refractivity contribution < 1.29 is 9.53 Å². The van der Waals surface area contributed by atoms with Gasteiger partial charge in [-0.25, -0.2) is 9.97 Å². The van der Waals surface area contributed by atoms with E-state index in [0.29, 0.717) is 25.6 Å². The van der Waals surface area contributed by atoms with E-state index in [1.165, 1.54) is 11.3 Å². The van der Waals surface area contributed by atoms with Crippen molar-refractivity contribution in [1.82, 2.24) is 14.9 Å². The van der Waals surface area contributed by atoms with Gasteiger partial charge in [0.25, 0.3) is 5.91 Å². The molecule has 128 valence electrons. The van der Waals surface area contributed by atoms with Crippen LogP contribution in [0, 0.1) is 0 Å². The average molecular weight is 346 g/mol. The van der Waals surface area contributed by atoms with Crippen LogP contribution in [-0.2, 0) is 4.74 Å². The largest absolute Gasteiger partial charge is 0.377 e. The summed E-state index contributed by atoms with van der Waals surface area (Å²) in [5.41, 5.74) is 0. The first-order valence-electron chi connectivity index (χ1n) is 8.24. The summed E-state index contributed by atoms with van der Waals surface area (Å²) < 4.78 is 5.60. The van der Waals surface area contributed by atoms with E-state index >= 15 is 0 Å². The zero-order valence-electron chi connectivity index (χ0n) is 14.0. The Bertz CT molecular complexity index is 673. The third-order valence-electron chi connectivity index (χ3n) is 4.17. The van der Waals surface area contributed by atoms with Crippen LogP contribution < -0.4 is 4.90 Å². The molecule has 1 atom stereocenters. The Hall–Kier alpha value is -1.99. The zero-order chi connectivity index (χ0) is 16.9. The number of nitrogens with zero attached hydrogens (tertiary/aromatic N) is 4. The predicted molar refractivity (Wildman–Crippen MR) is 94.5 cm³/mol. The minimum absolute atomic E-state index is 0.0233. The van der Waals surface area contributed by atoms with E-state index in [1.54, 1.807) is 6.20 Å². The molecule has 1 aliphatic rings. The van der Waals surface area contributed by atoms with Crippen molar-refractivity contribution >= 4 is 23.1 Å². The van der Waals surface area contributed by atoms with E-state index < -0.39 is 0 Å². The van der Waals surface area contributed by atoms with Crippen molar-refractivity contribution in [2.75, 3.05) is 37.7 Å². The van der Waals surface area contributed by atoms with Gasteiger partial charge >= 0.3 is 0 Å². The molecule has 3 heterocycles. The van der Waals surface area contributed by atoms with Gasteiger partial charge in [0.1, 0.15) is 11.9 Å². The fraction of sp³-hybridized carbons (Fsp3) is 0.471. The lowest BCUT2D eigenvalue weighted by molar-refractivity contribution is -0.00494. The minimum atomic E-state index is -0.246. The van der Waals surface area contributed by atoms with Gasteiger partial charge in [0.2, 0.25) is 0 Å². The van der Waals surface area contributed by atoms with Crippen LogP contribution in [0.2, 0.25) is 0 Å². The summed E-state index contributed by atoms with van der Waals surface area (Å²) in [5, 5.41) is 1.92. The van der Waals surface area contributed by atoms with E-state index in [0.717, 1.165) is 23.8 Å². The van der Waals surface area contributed by atoms with Gasteiger partial charge in [-0.05, 0) is 31.4 Å². The Labute approximate surface area is 146 Å². The molecule has 1 fully saturated rings. The van der Waals surface area contributed by atoms with Crippen molar-refractivity contribution in [2.24, 2.45) is 0 Å². The van der Waals surface area contributed by atoms with Gasteiger partial charge in [0, 0.05) is 25.8 Å². The highest BCUT2D eigenvalue weighted by Gasteiger charge is 2.32. The third kappa shape index (κ3) is 3.42. The fourth-order valence-corrected chi connectivity index (χ4v) is 3.53. The first-order valence-corrected chi connectivity index (χ1v) is 9.12. The number of ether oxygens (including phenoxy) is 1. The first kappa shape index (κ1) is 16.9. The molecule has 0 N–H and O–H groups in total.